The van der Waals surface area contributed by atoms with Crippen LogP contribution in [0.4, 0.5) is 5.69 Å². The lowest BCUT2D eigenvalue weighted by atomic mass is 10.1. The van der Waals surface area contributed by atoms with Gasteiger partial charge in [0.1, 0.15) is 0 Å². The van der Waals surface area contributed by atoms with Crippen LogP contribution in [-0.4, -0.2) is 20.7 Å². The number of thioether (sulfide) groups is 1. The van der Waals surface area contributed by atoms with E-state index in [1.807, 2.05) is 66.9 Å². The molecule has 0 aliphatic rings. The number of nitrogens with one attached hydrogen (secondary N) is 1. The van der Waals surface area contributed by atoms with E-state index in [-0.39, 0.29) is 5.91 Å². The number of carbonyl (C=O) groups is 1. The Balaban J connectivity index is 1.40. The van der Waals surface area contributed by atoms with E-state index in [4.69, 9.17) is 0 Å². The normalized spacial score (nSPS) is 10.9. The van der Waals surface area contributed by atoms with Crippen LogP contribution in [0.5, 0.6) is 0 Å². The summed E-state index contributed by atoms with van der Waals surface area (Å²) in [6.07, 6.45) is 0. The summed E-state index contributed by atoms with van der Waals surface area (Å²) in [5, 5.41) is 14.6. The Morgan fingerprint density at radius 3 is 2.63 bits per heavy atom. The third-order valence-electron chi connectivity index (χ3n) is 4.63. The number of anilines is 1. The van der Waals surface area contributed by atoms with Gasteiger partial charge in [-0.25, -0.2) is 0 Å². The lowest BCUT2D eigenvalue weighted by molar-refractivity contribution is 0.102. The van der Waals surface area contributed by atoms with Crippen molar-refractivity contribution >= 4 is 34.7 Å². The van der Waals surface area contributed by atoms with E-state index in [0.717, 1.165) is 45.0 Å². The molecule has 4 aromatic rings. The molecule has 1 amide bonds. The van der Waals surface area contributed by atoms with E-state index >= 15 is 0 Å². The Morgan fingerprint density at radius 1 is 1.10 bits per heavy atom. The zero-order valence-corrected chi connectivity index (χ0v) is 18.5. The molecule has 152 valence electrons. The van der Waals surface area contributed by atoms with Crippen molar-refractivity contribution in [2.24, 2.45) is 0 Å². The number of benzene rings is 2. The highest BCUT2D eigenvalue weighted by Crippen LogP contribution is 2.28. The summed E-state index contributed by atoms with van der Waals surface area (Å²) in [6, 6.07) is 19.6. The summed E-state index contributed by atoms with van der Waals surface area (Å²) in [5.74, 6) is 1.58. The van der Waals surface area contributed by atoms with Crippen molar-refractivity contribution in [2.45, 2.75) is 31.3 Å². The average molecular weight is 435 g/mol. The van der Waals surface area contributed by atoms with Crippen LogP contribution in [0, 0.1) is 6.92 Å². The molecule has 5 nitrogen and oxygen atoms in total. The quantitative estimate of drug-likeness (QED) is 0.369. The highest BCUT2D eigenvalue weighted by atomic mass is 32.2. The van der Waals surface area contributed by atoms with Crippen LogP contribution in [-0.2, 0) is 12.3 Å². The summed E-state index contributed by atoms with van der Waals surface area (Å²) in [7, 11) is 0. The molecule has 2 aromatic heterocycles. The second-order valence-electron chi connectivity index (χ2n) is 6.84. The fourth-order valence-electron chi connectivity index (χ4n) is 3.09. The highest BCUT2D eigenvalue weighted by molar-refractivity contribution is 7.98. The number of carbonyl (C=O) groups excluding carboxylic acids is 1. The second kappa shape index (κ2) is 9.28. The van der Waals surface area contributed by atoms with Crippen LogP contribution in [0.1, 0.15) is 28.4 Å². The van der Waals surface area contributed by atoms with Crippen molar-refractivity contribution in [3.8, 4) is 10.7 Å². The van der Waals surface area contributed by atoms with Crippen LogP contribution in [0.3, 0.4) is 0 Å². The molecule has 7 heteroatoms. The summed E-state index contributed by atoms with van der Waals surface area (Å²) in [5.41, 5.74) is 3.69. The lowest BCUT2D eigenvalue weighted by Crippen LogP contribution is -2.11. The topological polar surface area (TPSA) is 59.8 Å². The van der Waals surface area contributed by atoms with E-state index in [1.165, 1.54) is 0 Å². The molecule has 0 saturated carbocycles. The first-order valence-electron chi connectivity index (χ1n) is 9.71. The molecule has 0 aliphatic carbocycles. The first-order valence-corrected chi connectivity index (χ1v) is 11.6. The van der Waals surface area contributed by atoms with Gasteiger partial charge in [0.15, 0.2) is 11.0 Å². The summed E-state index contributed by atoms with van der Waals surface area (Å²) >= 11 is 3.32. The Labute approximate surface area is 184 Å². The molecule has 0 saturated heterocycles. The van der Waals surface area contributed by atoms with Crippen molar-refractivity contribution in [2.75, 3.05) is 5.32 Å². The van der Waals surface area contributed by atoms with Crippen LogP contribution in [0.25, 0.3) is 10.7 Å². The number of hydrogen-bond donors (Lipinski definition) is 1. The Morgan fingerprint density at radius 2 is 1.93 bits per heavy atom. The molecule has 0 aliphatic heterocycles. The average Bonchev–Trinajstić information content (AvgIpc) is 3.42. The molecule has 2 heterocycles. The Hall–Kier alpha value is -2.90. The van der Waals surface area contributed by atoms with Gasteiger partial charge in [-0.3, -0.25) is 4.79 Å². The van der Waals surface area contributed by atoms with Gasteiger partial charge >= 0.3 is 0 Å². The van der Waals surface area contributed by atoms with Crippen LogP contribution < -0.4 is 5.32 Å². The fourth-order valence-corrected chi connectivity index (χ4v) is 4.77. The third-order valence-corrected chi connectivity index (χ3v) is 6.54. The monoisotopic (exact) mass is 434 g/mol. The lowest BCUT2D eigenvalue weighted by Gasteiger charge is -2.08. The molecule has 30 heavy (non-hydrogen) atoms. The Bertz CT molecular complexity index is 1130. The number of thiophene rings is 1. The number of aromatic nitrogens is 3. The molecular weight excluding hydrogens is 412 g/mol. The van der Waals surface area contributed by atoms with Gasteiger partial charge in [0.05, 0.1) is 4.88 Å². The largest absolute Gasteiger partial charge is 0.322 e. The maximum absolute atomic E-state index is 12.5. The van der Waals surface area contributed by atoms with E-state index < -0.39 is 0 Å². The predicted octanol–water partition coefficient (Wildman–Crippen LogP) is 5.88. The molecule has 0 radical (unpaired) electrons. The molecule has 0 fully saturated rings. The first-order chi connectivity index (χ1) is 14.6. The molecule has 0 spiro atoms. The zero-order chi connectivity index (χ0) is 20.9. The standard InChI is InChI=1S/C23H22N4OS2/c1-3-27-21(20-8-5-13-29-20)25-26-23(27)30-15-17-9-11-18(12-10-17)22(28)24-19-7-4-6-16(2)14-19/h4-14H,3,15H2,1-2H3,(H,24,28). The Kier molecular flexibility index (Phi) is 6.30. The van der Waals surface area contributed by atoms with E-state index in [1.54, 1.807) is 23.1 Å². The van der Waals surface area contributed by atoms with Gasteiger partial charge in [0.2, 0.25) is 0 Å². The van der Waals surface area contributed by atoms with Crippen LogP contribution in [0.2, 0.25) is 0 Å². The van der Waals surface area contributed by atoms with Gasteiger partial charge in [-0.05, 0) is 60.7 Å². The predicted molar refractivity (Wildman–Crippen MR) is 124 cm³/mol. The molecular formula is C23H22N4OS2. The number of hydrogen-bond acceptors (Lipinski definition) is 5. The molecule has 0 atom stereocenters. The molecule has 0 bridgehead atoms. The van der Waals surface area contributed by atoms with Gasteiger partial charge in [-0.1, -0.05) is 42.1 Å². The number of nitrogens with zero attached hydrogens (tertiary/aromatic N) is 3. The van der Waals surface area contributed by atoms with E-state index in [9.17, 15) is 4.79 Å². The summed E-state index contributed by atoms with van der Waals surface area (Å²) in [6.45, 7) is 4.93. The van der Waals surface area contributed by atoms with Crippen LogP contribution in [0.15, 0.2) is 71.2 Å². The van der Waals surface area contributed by atoms with Gasteiger partial charge in [0.25, 0.3) is 5.91 Å². The van der Waals surface area contributed by atoms with Gasteiger partial charge in [0, 0.05) is 23.5 Å². The van der Waals surface area contributed by atoms with E-state index in [0.29, 0.717) is 5.56 Å². The maximum Gasteiger partial charge on any atom is 0.255 e. The number of aryl methyl sites for hydroxylation is 1. The minimum absolute atomic E-state index is 0.105. The van der Waals surface area contributed by atoms with Crippen molar-refractivity contribution in [3.63, 3.8) is 0 Å². The number of rotatable bonds is 7. The molecule has 4 rings (SSSR count). The van der Waals surface area contributed by atoms with Crippen molar-refractivity contribution in [1.82, 2.24) is 14.8 Å². The summed E-state index contributed by atoms with van der Waals surface area (Å²) in [4.78, 5) is 13.6. The zero-order valence-electron chi connectivity index (χ0n) is 16.8. The first kappa shape index (κ1) is 20.4. The van der Waals surface area contributed by atoms with Crippen molar-refractivity contribution < 1.29 is 4.79 Å². The van der Waals surface area contributed by atoms with Gasteiger partial charge < -0.3 is 9.88 Å². The maximum atomic E-state index is 12.5. The van der Waals surface area contributed by atoms with Gasteiger partial charge in [-0.15, -0.1) is 21.5 Å². The smallest absolute Gasteiger partial charge is 0.255 e. The SMILES string of the molecule is CCn1c(SCc2ccc(C(=O)Nc3cccc(C)c3)cc2)nnc1-c1cccs1. The second-order valence-corrected chi connectivity index (χ2v) is 8.73. The van der Waals surface area contributed by atoms with Gasteiger partial charge in [-0.2, -0.15) is 0 Å². The molecule has 2 aromatic carbocycles. The summed E-state index contributed by atoms with van der Waals surface area (Å²) < 4.78 is 2.14. The van der Waals surface area contributed by atoms with E-state index in [2.05, 4.69) is 33.1 Å². The third kappa shape index (κ3) is 4.63. The van der Waals surface area contributed by atoms with Crippen molar-refractivity contribution in [1.29, 1.82) is 0 Å². The number of amides is 1. The minimum atomic E-state index is -0.105. The highest BCUT2D eigenvalue weighted by Gasteiger charge is 2.14. The molecule has 1 N–H and O–H groups in total. The fraction of sp³-hybridized carbons (Fsp3) is 0.174. The van der Waals surface area contributed by atoms with Crippen molar-refractivity contribution in [3.05, 3.63) is 82.7 Å². The minimum Gasteiger partial charge on any atom is -0.322 e. The molecule has 0 unspecified atom stereocenters. The van der Waals surface area contributed by atoms with Crippen LogP contribution >= 0.6 is 23.1 Å².